The Bertz CT molecular complexity index is 960. The van der Waals surface area contributed by atoms with Gasteiger partial charge in [0.25, 0.3) is 17.7 Å². The minimum atomic E-state index is -0.723. The number of hydrogen-bond donors (Lipinski definition) is 1. The van der Waals surface area contributed by atoms with Crippen LogP contribution in [-0.2, 0) is 16.1 Å². The first kappa shape index (κ1) is 18.9. The van der Waals surface area contributed by atoms with Gasteiger partial charge >= 0.3 is 5.97 Å². The second-order valence-electron chi connectivity index (χ2n) is 7.16. The summed E-state index contributed by atoms with van der Waals surface area (Å²) in [6.07, 6.45) is 5.52. The molecule has 2 aliphatic rings. The van der Waals surface area contributed by atoms with E-state index in [-0.39, 0.29) is 41.8 Å². The van der Waals surface area contributed by atoms with Gasteiger partial charge in [0.2, 0.25) is 0 Å². The molecule has 1 fully saturated rings. The smallest absolute Gasteiger partial charge is 0.338 e. The monoisotopic (exact) mass is 396 g/mol. The Morgan fingerprint density at radius 1 is 1.10 bits per heavy atom. The quantitative estimate of drug-likeness (QED) is 0.593. The molecule has 0 unspecified atom stereocenters. The largest absolute Gasteiger partial charge is 0.467 e. The van der Waals surface area contributed by atoms with Crippen LogP contribution >= 0.6 is 0 Å². The minimum Gasteiger partial charge on any atom is -0.467 e. The molecule has 3 amide bonds. The Morgan fingerprint density at radius 3 is 2.59 bits per heavy atom. The number of esters is 1. The van der Waals surface area contributed by atoms with Crippen molar-refractivity contribution in [2.24, 2.45) is 0 Å². The van der Waals surface area contributed by atoms with Gasteiger partial charge in [0, 0.05) is 6.04 Å². The molecule has 1 saturated carbocycles. The number of nitrogens with zero attached hydrogens (tertiary/aromatic N) is 1. The molecule has 1 aliphatic carbocycles. The van der Waals surface area contributed by atoms with Gasteiger partial charge in [0.15, 0.2) is 6.61 Å². The summed E-state index contributed by atoms with van der Waals surface area (Å²) in [5.74, 6) is -1.54. The lowest BCUT2D eigenvalue weighted by Gasteiger charge is -2.12. The van der Waals surface area contributed by atoms with Crippen LogP contribution in [0.4, 0.5) is 0 Å². The highest BCUT2D eigenvalue weighted by Gasteiger charge is 2.36. The third-order valence-electron chi connectivity index (χ3n) is 5.16. The Kier molecular flexibility index (Phi) is 5.16. The molecule has 2 aromatic rings. The average Bonchev–Trinajstić information content (AvgIpc) is 3.46. The summed E-state index contributed by atoms with van der Waals surface area (Å²) in [6.45, 7) is -0.371. The molecular weight excluding hydrogens is 376 g/mol. The number of carbonyl (C=O) groups is 4. The summed E-state index contributed by atoms with van der Waals surface area (Å²) >= 11 is 0. The van der Waals surface area contributed by atoms with Gasteiger partial charge in [-0.2, -0.15) is 0 Å². The van der Waals surface area contributed by atoms with Gasteiger partial charge in [0.1, 0.15) is 5.76 Å². The Hall–Kier alpha value is -3.42. The van der Waals surface area contributed by atoms with E-state index in [1.165, 1.54) is 24.5 Å². The summed E-state index contributed by atoms with van der Waals surface area (Å²) in [5, 5.41) is 2.84. The van der Waals surface area contributed by atoms with Gasteiger partial charge < -0.3 is 14.5 Å². The molecule has 8 nitrogen and oxygen atoms in total. The number of nitrogens with one attached hydrogen (secondary N) is 1. The van der Waals surface area contributed by atoms with E-state index in [9.17, 15) is 19.2 Å². The number of carbonyl (C=O) groups excluding carboxylic acids is 4. The highest BCUT2D eigenvalue weighted by Crippen LogP contribution is 2.26. The number of amides is 3. The lowest BCUT2D eigenvalue weighted by Crippen LogP contribution is -2.35. The van der Waals surface area contributed by atoms with Crippen LogP contribution in [0.2, 0.25) is 0 Å². The lowest BCUT2D eigenvalue weighted by molar-refractivity contribution is -0.124. The fourth-order valence-electron chi connectivity index (χ4n) is 3.67. The van der Waals surface area contributed by atoms with E-state index < -0.39 is 17.8 Å². The van der Waals surface area contributed by atoms with Crippen LogP contribution in [-0.4, -0.2) is 41.2 Å². The first-order valence-corrected chi connectivity index (χ1v) is 9.52. The van der Waals surface area contributed by atoms with Crippen LogP contribution in [0.3, 0.4) is 0 Å². The van der Waals surface area contributed by atoms with E-state index in [1.54, 1.807) is 12.1 Å². The third-order valence-corrected chi connectivity index (χ3v) is 5.16. The van der Waals surface area contributed by atoms with Crippen molar-refractivity contribution in [1.29, 1.82) is 0 Å². The van der Waals surface area contributed by atoms with E-state index in [1.807, 2.05) is 0 Å². The molecule has 8 heteroatoms. The van der Waals surface area contributed by atoms with Crippen LogP contribution in [0.25, 0.3) is 0 Å². The third kappa shape index (κ3) is 3.91. The van der Waals surface area contributed by atoms with E-state index in [4.69, 9.17) is 9.15 Å². The zero-order chi connectivity index (χ0) is 20.4. The van der Waals surface area contributed by atoms with Crippen molar-refractivity contribution in [2.75, 3.05) is 6.61 Å². The van der Waals surface area contributed by atoms with Crippen molar-refractivity contribution >= 4 is 23.7 Å². The molecule has 2 heterocycles. The van der Waals surface area contributed by atoms with Crippen molar-refractivity contribution in [3.8, 4) is 0 Å². The minimum absolute atomic E-state index is 0.0143. The predicted molar refractivity (Wildman–Crippen MR) is 100 cm³/mol. The summed E-state index contributed by atoms with van der Waals surface area (Å²) in [7, 11) is 0. The first-order chi connectivity index (χ1) is 14.0. The highest BCUT2D eigenvalue weighted by atomic mass is 16.5. The summed E-state index contributed by atoms with van der Waals surface area (Å²) in [6, 6.07) is 7.65. The zero-order valence-electron chi connectivity index (χ0n) is 15.7. The summed E-state index contributed by atoms with van der Waals surface area (Å²) in [4.78, 5) is 50.4. The molecule has 0 bridgehead atoms. The molecule has 1 aromatic carbocycles. The van der Waals surface area contributed by atoms with Crippen molar-refractivity contribution < 1.29 is 28.3 Å². The molecule has 0 spiro atoms. The highest BCUT2D eigenvalue weighted by molar-refractivity contribution is 6.21. The van der Waals surface area contributed by atoms with Gasteiger partial charge in [0.05, 0.1) is 29.5 Å². The molecule has 1 aromatic heterocycles. The van der Waals surface area contributed by atoms with Crippen LogP contribution in [0.15, 0.2) is 41.0 Å². The number of imide groups is 1. The van der Waals surface area contributed by atoms with E-state index in [0.29, 0.717) is 5.76 Å². The van der Waals surface area contributed by atoms with Crippen LogP contribution < -0.4 is 5.32 Å². The summed E-state index contributed by atoms with van der Waals surface area (Å²) in [5.41, 5.74) is 0.460. The standard InChI is InChI=1S/C21H20N2O6/c24-18(22-14-4-1-2-5-14)12-29-21(27)13-7-8-16-17(10-13)20(26)23(19(16)25)11-15-6-3-9-28-15/h3,6-10,14H,1-2,4-5,11-12H2,(H,22,24). The van der Waals surface area contributed by atoms with Gasteiger partial charge in [-0.1, -0.05) is 12.8 Å². The van der Waals surface area contributed by atoms with Gasteiger partial charge in [-0.25, -0.2) is 4.79 Å². The SMILES string of the molecule is O=C(COC(=O)c1ccc2c(c1)C(=O)N(Cc1ccco1)C2=O)NC1CCCC1. The zero-order valence-corrected chi connectivity index (χ0v) is 15.7. The van der Waals surface area contributed by atoms with Gasteiger partial charge in [-0.05, 0) is 43.2 Å². The van der Waals surface area contributed by atoms with Crippen molar-refractivity contribution in [3.05, 3.63) is 59.0 Å². The molecule has 0 atom stereocenters. The first-order valence-electron chi connectivity index (χ1n) is 9.52. The Labute approximate surface area is 166 Å². The topological polar surface area (TPSA) is 106 Å². The van der Waals surface area contributed by atoms with Crippen LogP contribution in [0, 0.1) is 0 Å². The van der Waals surface area contributed by atoms with Crippen LogP contribution in [0.5, 0.6) is 0 Å². The molecular formula is C21H20N2O6. The molecule has 150 valence electrons. The molecule has 1 N–H and O–H groups in total. The average molecular weight is 396 g/mol. The maximum atomic E-state index is 12.6. The number of rotatable bonds is 6. The number of furan rings is 1. The number of fused-ring (bicyclic) bond motifs is 1. The van der Waals surface area contributed by atoms with Gasteiger partial charge in [-0.15, -0.1) is 0 Å². The molecule has 0 saturated heterocycles. The fourth-order valence-corrected chi connectivity index (χ4v) is 3.67. The second kappa shape index (κ2) is 7.90. The molecule has 4 rings (SSSR count). The van der Waals surface area contributed by atoms with E-state index in [2.05, 4.69) is 5.32 Å². The number of hydrogen-bond acceptors (Lipinski definition) is 6. The summed E-state index contributed by atoms with van der Waals surface area (Å²) < 4.78 is 10.3. The molecule has 0 radical (unpaired) electrons. The van der Waals surface area contributed by atoms with Crippen molar-refractivity contribution in [2.45, 2.75) is 38.3 Å². The van der Waals surface area contributed by atoms with E-state index in [0.717, 1.165) is 30.6 Å². The van der Waals surface area contributed by atoms with Crippen molar-refractivity contribution in [3.63, 3.8) is 0 Å². The van der Waals surface area contributed by atoms with Gasteiger partial charge in [-0.3, -0.25) is 19.3 Å². The maximum Gasteiger partial charge on any atom is 0.338 e. The fraction of sp³-hybridized carbons (Fsp3) is 0.333. The van der Waals surface area contributed by atoms with Crippen molar-refractivity contribution in [1.82, 2.24) is 10.2 Å². The normalized spacial score (nSPS) is 16.2. The number of benzene rings is 1. The maximum absolute atomic E-state index is 12.6. The predicted octanol–water partition coefficient (Wildman–Crippen LogP) is 2.29. The van der Waals surface area contributed by atoms with E-state index >= 15 is 0 Å². The Balaban J connectivity index is 1.40. The molecule has 1 aliphatic heterocycles. The second-order valence-corrected chi connectivity index (χ2v) is 7.16. The molecule has 29 heavy (non-hydrogen) atoms. The lowest BCUT2D eigenvalue weighted by atomic mass is 10.1. The number of ether oxygens (including phenoxy) is 1. The Morgan fingerprint density at radius 2 is 1.86 bits per heavy atom. The van der Waals surface area contributed by atoms with Crippen LogP contribution in [0.1, 0.15) is 62.5 Å².